The number of hydrogen-bond acceptors (Lipinski definition) is 2. The number of benzene rings is 2. The molecule has 0 radical (unpaired) electrons. The first kappa shape index (κ1) is 15.8. The Hall–Kier alpha value is -2.11. The van der Waals surface area contributed by atoms with Gasteiger partial charge in [0.15, 0.2) is 0 Å². The molecule has 0 aliphatic heterocycles. The van der Waals surface area contributed by atoms with Crippen LogP contribution in [0.2, 0.25) is 0 Å². The highest BCUT2D eigenvalue weighted by molar-refractivity contribution is 7.89. The van der Waals surface area contributed by atoms with Crippen molar-refractivity contribution in [3.05, 3.63) is 65.9 Å². The van der Waals surface area contributed by atoms with Gasteiger partial charge in [0.25, 0.3) is 0 Å². The lowest BCUT2D eigenvalue weighted by molar-refractivity contribution is 0.581. The molecule has 5 heteroatoms. The molecule has 3 rings (SSSR count). The summed E-state index contributed by atoms with van der Waals surface area (Å²) in [5.41, 5.74) is 3.35. The summed E-state index contributed by atoms with van der Waals surface area (Å²) < 4.78 is 29.3. The quantitative estimate of drug-likeness (QED) is 0.783. The number of para-hydroxylation sites is 1. The normalized spacial score (nSPS) is 11.9. The molecule has 1 N–H and O–H groups in total. The number of aromatic nitrogens is 1. The molecule has 0 unspecified atom stereocenters. The molecule has 120 valence electrons. The van der Waals surface area contributed by atoms with Crippen molar-refractivity contribution in [1.29, 1.82) is 0 Å². The van der Waals surface area contributed by atoms with Crippen LogP contribution in [0.5, 0.6) is 0 Å². The highest BCUT2D eigenvalue weighted by Gasteiger charge is 2.13. The minimum Gasteiger partial charge on any atom is -0.350 e. The van der Waals surface area contributed by atoms with Crippen molar-refractivity contribution in [1.82, 2.24) is 9.29 Å². The van der Waals surface area contributed by atoms with E-state index in [2.05, 4.69) is 27.6 Å². The van der Waals surface area contributed by atoms with Gasteiger partial charge in [0.2, 0.25) is 10.0 Å². The Morgan fingerprint density at radius 2 is 1.74 bits per heavy atom. The van der Waals surface area contributed by atoms with Gasteiger partial charge in [0.1, 0.15) is 0 Å². The smallest absolute Gasteiger partial charge is 0.240 e. The van der Waals surface area contributed by atoms with Crippen molar-refractivity contribution < 1.29 is 8.42 Å². The molecule has 0 saturated heterocycles. The Morgan fingerprint density at radius 3 is 2.48 bits per heavy atom. The van der Waals surface area contributed by atoms with Gasteiger partial charge >= 0.3 is 0 Å². The second-order valence-corrected chi connectivity index (χ2v) is 7.51. The van der Waals surface area contributed by atoms with E-state index >= 15 is 0 Å². The topological polar surface area (TPSA) is 51.1 Å². The molecule has 0 atom stereocenters. The van der Waals surface area contributed by atoms with Crippen LogP contribution in [-0.2, 0) is 23.5 Å². The molecule has 0 amide bonds. The fourth-order valence-electron chi connectivity index (χ4n) is 2.75. The minimum absolute atomic E-state index is 0.306. The summed E-state index contributed by atoms with van der Waals surface area (Å²) in [6.45, 7) is 2.31. The average Bonchev–Trinajstić information content (AvgIpc) is 2.85. The lowest BCUT2D eigenvalue weighted by atomic mass is 10.1. The van der Waals surface area contributed by atoms with Gasteiger partial charge in [-0.3, -0.25) is 0 Å². The molecule has 0 aliphatic rings. The number of hydrogen-bond donors (Lipinski definition) is 1. The molecule has 0 saturated carbocycles. The van der Waals surface area contributed by atoms with E-state index in [1.165, 1.54) is 5.39 Å². The molecule has 3 aromatic rings. The number of sulfonamides is 1. The van der Waals surface area contributed by atoms with Gasteiger partial charge in [0.05, 0.1) is 4.90 Å². The lowest BCUT2D eigenvalue weighted by Crippen LogP contribution is -2.25. The van der Waals surface area contributed by atoms with E-state index < -0.39 is 10.0 Å². The van der Waals surface area contributed by atoms with Gasteiger partial charge in [-0.15, -0.1) is 0 Å². The van der Waals surface area contributed by atoms with E-state index in [0.29, 0.717) is 17.9 Å². The largest absolute Gasteiger partial charge is 0.350 e. The molecule has 1 heterocycles. The zero-order valence-corrected chi connectivity index (χ0v) is 14.1. The second kappa shape index (κ2) is 6.18. The molecule has 23 heavy (non-hydrogen) atoms. The van der Waals surface area contributed by atoms with Crippen LogP contribution in [0.3, 0.4) is 0 Å². The SMILES string of the molecule is Cc1ccc(S(=O)(=O)NCCc2cn(C)c3ccccc23)cc1. The maximum atomic E-state index is 12.3. The van der Waals surface area contributed by atoms with Crippen LogP contribution >= 0.6 is 0 Å². The van der Waals surface area contributed by atoms with Crippen molar-refractivity contribution in [2.45, 2.75) is 18.2 Å². The summed E-state index contributed by atoms with van der Waals surface area (Å²) in [4.78, 5) is 0.306. The summed E-state index contributed by atoms with van der Waals surface area (Å²) in [6.07, 6.45) is 2.72. The second-order valence-electron chi connectivity index (χ2n) is 5.74. The molecule has 0 spiro atoms. The first-order valence-electron chi connectivity index (χ1n) is 7.57. The van der Waals surface area contributed by atoms with Crippen LogP contribution in [0.1, 0.15) is 11.1 Å². The third-order valence-corrected chi connectivity index (χ3v) is 5.47. The van der Waals surface area contributed by atoms with Crippen LogP contribution in [0.4, 0.5) is 0 Å². The predicted octanol–water partition coefficient (Wildman–Crippen LogP) is 3.01. The van der Waals surface area contributed by atoms with Gasteiger partial charge in [-0.25, -0.2) is 13.1 Å². The standard InChI is InChI=1S/C18H20N2O2S/c1-14-7-9-16(10-8-14)23(21,22)19-12-11-15-13-20(2)18-6-4-3-5-17(15)18/h3-10,13,19H,11-12H2,1-2H3. The molecular formula is C18H20N2O2S. The van der Waals surface area contributed by atoms with E-state index in [0.717, 1.165) is 16.6 Å². The van der Waals surface area contributed by atoms with E-state index in [-0.39, 0.29) is 0 Å². The molecule has 2 aromatic carbocycles. The van der Waals surface area contributed by atoms with E-state index in [1.54, 1.807) is 24.3 Å². The third-order valence-electron chi connectivity index (χ3n) is 4.00. The number of rotatable bonds is 5. The zero-order chi connectivity index (χ0) is 16.4. The van der Waals surface area contributed by atoms with Crippen LogP contribution in [-0.4, -0.2) is 19.5 Å². The molecule has 0 bridgehead atoms. The first-order chi connectivity index (χ1) is 11.0. The van der Waals surface area contributed by atoms with E-state index in [1.807, 2.05) is 26.1 Å². The van der Waals surface area contributed by atoms with Crippen molar-refractivity contribution in [2.24, 2.45) is 7.05 Å². The number of aryl methyl sites for hydroxylation is 2. The van der Waals surface area contributed by atoms with Gasteiger partial charge in [-0.1, -0.05) is 35.9 Å². The Kier molecular flexibility index (Phi) is 4.24. The lowest BCUT2D eigenvalue weighted by Gasteiger charge is -2.06. The van der Waals surface area contributed by atoms with Crippen LogP contribution in [0.25, 0.3) is 10.9 Å². The van der Waals surface area contributed by atoms with Gasteiger partial charge in [0, 0.05) is 30.7 Å². The van der Waals surface area contributed by atoms with Gasteiger partial charge in [-0.05, 0) is 37.1 Å². The Morgan fingerprint density at radius 1 is 1.04 bits per heavy atom. The van der Waals surface area contributed by atoms with E-state index in [9.17, 15) is 8.42 Å². The summed E-state index contributed by atoms with van der Waals surface area (Å²) in [7, 11) is -1.45. The monoisotopic (exact) mass is 328 g/mol. The van der Waals surface area contributed by atoms with Gasteiger partial charge < -0.3 is 4.57 Å². The molecule has 0 fully saturated rings. The molecule has 0 aliphatic carbocycles. The highest BCUT2D eigenvalue weighted by Crippen LogP contribution is 2.20. The summed E-state index contributed by atoms with van der Waals surface area (Å²) in [6, 6.07) is 15.0. The maximum Gasteiger partial charge on any atom is 0.240 e. The fourth-order valence-corrected chi connectivity index (χ4v) is 3.78. The van der Waals surface area contributed by atoms with Crippen molar-refractivity contribution in [3.63, 3.8) is 0 Å². The van der Waals surface area contributed by atoms with Crippen LogP contribution in [0.15, 0.2) is 59.6 Å². The molecular weight excluding hydrogens is 308 g/mol. The average molecular weight is 328 g/mol. The fraction of sp³-hybridized carbons (Fsp3) is 0.222. The predicted molar refractivity (Wildman–Crippen MR) is 93.0 cm³/mol. The van der Waals surface area contributed by atoms with Crippen molar-refractivity contribution in [3.8, 4) is 0 Å². The highest BCUT2D eigenvalue weighted by atomic mass is 32.2. The third kappa shape index (κ3) is 3.30. The summed E-state index contributed by atoms with van der Waals surface area (Å²) in [5, 5.41) is 1.17. The molecule has 4 nitrogen and oxygen atoms in total. The maximum absolute atomic E-state index is 12.3. The number of fused-ring (bicyclic) bond motifs is 1. The Balaban J connectivity index is 1.72. The van der Waals surface area contributed by atoms with E-state index in [4.69, 9.17) is 0 Å². The first-order valence-corrected chi connectivity index (χ1v) is 9.05. The Labute approximate surface area is 136 Å². The van der Waals surface area contributed by atoms with Crippen LogP contribution < -0.4 is 4.72 Å². The van der Waals surface area contributed by atoms with Crippen molar-refractivity contribution >= 4 is 20.9 Å². The zero-order valence-electron chi connectivity index (χ0n) is 13.3. The van der Waals surface area contributed by atoms with Gasteiger partial charge in [-0.2, -0.15) is 0 Å². The number of nitrogens with zero attached hydrogens (tertiary/aromatic N) is 1. The molecule has 1 aromatic heterocycles. The summed E-state index contributed by atoms with van der Waals surface area (Å²) >= 11 is 0. The van der Waals surface area contributed by atoms with Crippen molar-refractivity contribution in [2.75, 3.05) is 6.54 Å². The number of nitrogens with one attached hydrogen (secondary N) is 1. The van der Waals surface area contributed by atoms with Crippen LogP contribution in [0, 0.1) is 6.92 Å². The summed E-state index contributed by atoms with van der Waals surface area (Å²) in [5.74, 6) is 0. The minimum atomic E-state index is -3.45. The Bertz CT molecular complexity index is 925.